The van der Waals surface area contributed by atoms with Crippen molar-refractivity contribution >= 4 is 69.1 Å². The number of hydrogen-bond acceptors (Lipinski definition) is 18. The van der Waals surface area contributed by atoms with E-state index >= 15 is 0 Å². The molecule has 10 N–H and O–H groups in total. The molecule has 28 heteroatoms. The van der Waals surface area contributed by atoms with Crippen molar-refractivity contribution in [3.05, 3.63) is 61.3 Å². The number of imidazole rings is 1. The third-order valence-corrected chi connectivity index (χ3v) is 18.5. The fourth-order valence-electron chi connectivity index (χ4n) is 9.46. The normalized spacial score (nSPS) is 18.6. The van der Waals surface area contributed by atoms with Gasteiger partial charge in [0.25, 0.3) is 0 Å². The van der Waals surface area contributed by atoms with Gasteiger partial charge in [0, 0.05) is 37.1 Å². The number of carbonyl (C=O) groups excluding carboxylic acids is 3. The van der Waals surface area contributed by atoms with Gasteiger partial charge in [-0.2, -0.15) is 4.31 Å². The van der Waals surface area contributed by atoms with Gasteiger partial charge in [-0.05, 0) is 51.4 Å². The first kappa shape index (κ1) is 77.8. The Bertz CT molecular complexity index is 2550. The summed E-state index contributed by atoms with van der Waals surface area (Å²) < 4.78 is 62.7. The Balaban J connectivity index is 1.11. The van der Waals surface area contributed by atoms with E-state index in [1.807, 2.05) is 0 Å². The van der Waals surface area contributed by atoms with Crippen LogP contribution >= 0.6 is 35.2 Å². The number of allylic oxidation sites excluding steroid dienone is 8. The number of nitrogens with two attached hydrogens (primary N) is 1. The zero-order chi connectivity index (χ0) is 63.8. The second kappa shape index (κ2) is 44.1. The lowest BCUT2D eigenvalue weighted by molar-refractivity contribution is -0.137. The van der Waals surface area contributed by atoms with E-state index < -0.39 is 84.6 Å². The van der Waals surface area contributed by atoms with Crippen molar-refractivity contribution in [1.29, 1.82) is 0 Å². The lowest BCUT2D eigenvalue weighted by Gasteiger charge is -2.30. The van der Waals surface area contributed by atoms with Gasteiger partial charge in [-0.15, -0.1) is 0 Å². The lowest BCUT2D eigenvalue weighted by Crippen LogP contribution is -2.46. The van der Waals surface area contributed by atoms with Crippen LogP contribution in [0.2, 0.25) is 0 Å². The van der Waals surface area contributed by atoms with Crippen LogP contribution in [-0.2, 0) is 50.7 Å². The summed E-state index contributed by atoms with van der Waals surface area (Å²) in [5.41, 5.74) is 4.30. The minimum atomic E-state index is -5.58. The van der Waals surface area contributed by atoms with Crippen LogP contribution in [0.15, 0.2) is 61.3 Å². The minimum Gasteiger partial charge on any atom is -0.386 e. The first-order valence-corrected chi connectivity index (χ1v) is 36.7. The van der Waals surface area contributed by atoms with Gasteiger partial charge in [-0.3, -0.25) is 32.5 Å². The highest BCUT2D eigenvalue weighted by Gasteiger charge is 2.50. The fraction of sp³-hybridized carbons (Fsp3) is 0.729. The predicted molar refractivity (Wildman–Crippen MR) is 339 cm³/mol. The molecule has 0 bridgehead atoms. The summed E-state index contributed by atoms with van der Waals surface area (Å²) in [7, 11) is -16.4. The largest absolute Gasteiger partial charge is 0.481 e. The van der Waals surface area contributed by atoms with Crippen LogP contribution in [0.5, 0.6) is 0 Å². The molecule has 24 nitrogen and oxygen atoms in total. The summed E-state index contributed by atoms with van der Waals surface area (Å²) >= 11 is 1.16. The number of ether oxygens (including phenoxy) is 1. The zero-order valence-electron chi connectivity index (χ0n) is 51.5. The van der Waals surface area contributed by atoms with Gasteiger partial charge >= 0.3 is 23.5 Å². The molecule has 1 aliphatic rings. The second-order valence-corrected chi connectivity index (χ2v) is 28.0. The number of nitrogens with zero attached hydrogens (tertiary/aromatic N) is 4. The number of aromatic nitrogens is 4. The molecule has 0 saturated carbocycles. The average Bonchev–Trinajstić information content (AvgIpc) is 1.70. The van der Waals surface area contributed by atoms with Crippen molar-refractivity contribution in [2.45, 2.75) is 238 Å². The average molecular weight is 1310 g/mol. The number of nitrogen functional groups attached to an aromatic ring is 1. The van der Waals surface area contributed by atoms with E-state index in [-0.39, 0.29) is 41.6 Å². The van der Waals surface area contributed by atoms with Gasteiger partial charge in [-0.1, -0.05) is 203 Å². The molecule has 2 unspecified atom stereocenters. The van der Waals surface area contributed by atoms with Crippen molar-refractivity contribution in [3.8, 4) is 0 Å². The number of phosphoric acid groups is 3. The lowest BCUT2D eigenvalue weighted by atomic mass is 9.87. The molecule has 1 saturated heterocycles. The summed E-state index contributed by atoms with van der Waals surface area (Å²) in [6.07, 6.45) is 45.5. The Hall–Kier alpha value is -3.48. The molecule has 3 heterocycles. The van der Waals surface area contributed by atoms with E-state index in [0.29, 0.717) is 12.2 Å². The number of anilines is 1. The highest BCUT2D eigenvalue weighted by Crippen LogP contribution is 2.61. The van der Waals surface area contributed by atoms with E-state index in [4.69, 9.17) is 19.5 Å². The van der Waals surface area contributed by atoms with E-state index in [2.05, 4.69) is 90.0 Å². The Morgan fingerprint density at radius 2 is 1.21 bits per heavy atom. The van der Waals surface area contributed by atoms with Crippen LogP contribution in [0.25, 0.3) is 11.2 Å². The summed E-state index contributed by atoms with van der Waals surface area (Å²) in [6.45, 7) is 2.83. The number of nitrogens with one attached hydrogen (secondary N) is 2. The highest BCUT2D eigenvalue weighted by molar-refractivity contribution is 8.13. The van der Waals surface area contributed by atoms with Gasteiger partial charge in [0.15, 0.2) is 22.8 Å². The number of fused-ring (bicyclic) bond motifs is 1. The Morgan fingerprint density at radius 3 is 1.75 bits per heavy atom. The fourth-order valence-corrected chi connectivity index (χ4v) is 13.0. The van der Waals surface area contributed by atoms with Crippen molar-refractivity contribution in [2.75, 3.05) is 37.8 Å². The topological polar surface area (TPSA) is 364 Å². The third kappa shape index (κ3) is 35.1. The molecule has 2 amide bonds. The third-order valence-electron chi connectivity index (χ3n) is 14.5. The zero-order valence-corrected chi connectivity index (χ0v) is 55.0. The van der Waals surface area contributed by atoms with Crippen LogP contribution in [0.1, 0.15) is 213 Å². The summed E-state index contributed by atoms with van der Waals surface area (Å²) in [4.78, 5) is 88.9. The van der Waals surface area contributed by atoms with Gasteiger partial charge in [0.05, 0.1) is 19.5 Å². The number of thioether (sulfide) groups is 1. The molecule has 496 valence electrons. The maximum atomic E-state index is 12.8. The van der Waals surface area contributed by atoms with Crippen molar-refractivity contribution in [1.82, 2.24) is 30.2 Å². The number of carbonyl (C=O) groups is 3. The molecule has 2 aromatic rings. The van der Waals surface area contributed by atoms with Gasteiger partial charge in [0.2, 0.25) is 11.8 Å². The van der Waals surface area contributed by atoms with Gasteiger partial charge in [0.1, 0.15) is 36.3 Å². The SMILES string of the molecule is CCCCC/C=C\C/C=C\C/C=C\C/C=C\CCCCCCCCCCCCCCCCCCCCCC(=O)SCCNC(=O)CCNC(=O)[C@H](O)C(C)(C)COP(=O)(O)OP(=O)(O)OC[C@H]1O[C@@H](n2cnc3c(N)ncnc32)[C@H](O)[C@@H]1OP(=O)(O)O. The summed E-state index contributed by atoms with van der Waals surface area (Å²) in [5, 5.41) is 26.8. The molecule has 1 fully saturated rings. The maximum Gasteiger partial charge on any atom is 0.481 e. The Labute approximate surface area is 519 Å². The van der Waals surface area contributed by atoms with Crippen molar-refractivity contribution in [2.24, 2.45) is 5.41 Å². The second-order valence-electron chi connectivity index (χ2n) is 22.6. The molecular formula is C59H102N7O17P3S. The number of hydrogen-bond donors (Lipinski definition) is 9. The molecule has 0 spiro atoms. The number of amides is 2. The minimum absolute atomic E-state index is 0.0339. The van der Waals surface area contributed by atoms with Crippen LogP contribution in [-0.4, -0.2) is 123 Å². The number of unbranched alkanes of at least 4 members (excludes halogenated alkanes) is 22. The number of aliphatic hydroxyl groups excluding tert-OH is 2. The van der Waals surface area contributed by atoms with Crippen LogP contribution in [0, 0.1) is 5.41 Å². The molecule has 0 radical (unpaired) electrons. The van der Waals surface area contributed by atoms with Crippen LogP contribution in [0.4, 0.5) is 5.82 Å². The van der Waals surface area contributed by atoms with Crippen molar-refractivity contribution in [3.63, 3.8) is 0 Å². The van der Waals surface area contributed by atoms with E-state index in [9.17, 15) is 57.9 Å². The highest BCUT2D eigenvalue weighted by atomic mass is 32.2. The van der Waals surface area contributed by atoms with Crippen LogP contribution < -0.4 is 16.4 Å². The molecule has 0 aliphatic carbocycles. The standard InChI is InChI=1S/C59H102N7O17P3S/c1-4-5-6-7-8-9-10-11-12-13-14-15-16-17-18-19-20-21-22-23-24-25-26-27-28-29-30-31-32-33-34-35-36-37-38-39-50(68)87-43-42-61-49(67)40-41-62-57(71)54(70)59(2,3)45-80-86(77,78)83-85(75,76)79-44-48-53(82-84(72,73)74)52(69)58(81-48)66-47-65-51-55(60)63-46-64-56(51)66/h8-9,11-12,14-15,17-18,46-48,52-54,58,69-70H,4-7,10,13,16,19-45H2,1-3H3,(H,61,67)(H,62,71)(H,75,76)(H,77,78)(H2,60,63,64)(H2,72,73,74)/b9-8-,12-11-,15-14-,18-17-/t48-,52-,53-,54+,58-/m1/s1. The first-order valence-electron chi connectivity index (χ1n) is 31.2. The smallest absolute Gasteiger partial charge is 0.386 e. The molecule has 0 aromatic carbocycles. The summed E-state index contributed by atoms with van der Waals surface area (Å²) in [5.74, 6) is -1.02. The quantitative estimate of drug-likeness (QED) is 0.0169. The Morgan fingerprint density at radius 1 is 0.701 bits per heavy atom. The van der Waals surface area contributed by atoms with Gasteiger partial charge < -0.3 is 50.9 Å². The number of rotatable bonds is 51. The number of phosphoric ester groups is 3. The first-order chi connectivity index (χ1) is 41.6. The molecule has 87 heavy (non-hydrogen) atoms. The number of aliphatic hydroxyl groups is 2. The molecular weight excluding hydrogens is 1200 g/mol. The Kier molecular flexibility index (Phi) is 39.4. The molecule has 2 aromatic heterocycles. The van der Waals surface area contributed by atoms with E-state index in [1.54, 1.807) is 0 Å². The predicted octanol–water partition coefficient (Wildman–Crippen LogP) is 11.8. The monoisotopic (exact) mass is 1310 g/mol. The molecule has 1 aliphatic heterocycles. The van der Waals surface area contributed by atoms with E-state index in [1.165, 1.54) is 149 Å². The van der Waals surface area contributed by atoms with Crippen molar-refractivity contribution < 1.29 is 80.5 Å². The summed E-state index contributed by atoms with van der Waals surface area (Å²) in [6, 6.07) is 0. The molecule has 3 rings (SSSR count). The molecule has 7 atom stereocenters. The van der Waals surface area contributed by atoms with Crippen LogP contribution in [0.3, 0.4) is 0 Å². The van der Waals surface area contributed by atoms with Gasteiger partial charge in [-0.25, -0.2) is 28.6 Å². The maximum absolute atomic E-state index is 12.8. The van der Waals surface area contributed by atoms with E-state index in [0.717, 1.165) is 67.5 Å².